The molecule has 1 aliphatic heterocycles. The molecule has 0 radical (unpaired) electrons. The monoisotopic (exact) mass is 574 g/mol. The van der Waals surface area contributed by atoms with E-state index in [4.69, 9.17) is 9.47 Å². The van der Waals surface area contributed by atoms with Crippen molar-refractivity contribution in [3.8, 4) is 22.6 Å². The van der Waals surface area contributed by atoms with Crippen LogP contribution in [0.2, 0.25) is 0 Å². The summed E-state index contributed by atoms with van der Waals surface area (Å²) in [6.07, 6.45) is 5.33. The zero-order chi connectivity index (χ0) is 25.5. The Labute approximate surface area is 232 Å². The Morgan fingerprint density at radius 1 is 1.00 bits per heavy atom. The van der Waals surface area contributed by atoms with Crippen LogP contribution in [0.15, 0.2) is 79.1 Å². The van der Waals surface area contributed by atoms with E-state index in [0.717, 1.165) is 35.3 Å². The number of amides is 1. The molecule has 0 bridgehead atoms. The highest BCUT2D eigenvalue weighted by molar-refractivity contribution is 5.95. The van der Waals surface area contributed by atoms with E-state index >= 15 is 0 Å². The second-order valence-electron chi connectivity index (χ2n) is 9.57. The van der Waals surface area contributed by atoms with Crippen molar-refractivity contribution in [3.05, 3.63) is 113 Å². The van der Waals surface area contributed by atoms with Gasteiger partial charge in [-0.05, 0) is 65.4 Å². The van der Waals surface area contributed by atoms with Crippen LogP contribution in [-0.4, -0.2) is 31.6 Å². The lowest BCUT2D eigenvalue weighted by atomic mass is 9.76. The fraction of sp³-hybridized carbons (Fsp3) is 0.226. The van der Waals surface area contributed by atoms with Crippen LogP contribution >= 0.6 is 0 Å². The predicted octanol–water partition coefficient (Wildman–Crippen LogP) is 2.15. The van der Waals surface area contributed by atoms with Crippen molar-refractivity contribution in [1.82, 2.24) is 4.90 Å². The van der Waals surface area contributed by atoms with Crippen LogP contribution in [0, 0.1) is 5.82 Å². The molecule has 4 aromatic rings. The van der Waals surface area contributed by atoms with Gasteiger partial charge in [0.2, 0.25) is 0 Å². The number of ether oxygens (including phenoxy) is 2. The van der Waals surface area contributed by atoms with Crippen molar-refractivity contribution in [2.45, 2.75) is 25.4 Å². The van der Waals surface area contributed by atoms with Crippen LogP contribution in [0.4, 0.5) is 4.39 Å². The molecule has 7 heteroatoms. The first-order valence-corrected chi connectivity index (χ1v) is 12.5. The van der Waals surface area contributed by atoms with E-state index in [9.17, 15) is 9.18 Å². The third kappa shape index (κ3) is 4.45. The highest BCUT2D eigenvalue weighted by atomic mass is 79.9. The summed E-state index contributed by atoms with van der Waals surface area (Å²) in [5, 5.41) is 0. The Bertz CT molecular complexity index is 1490. The van der Waals surface area contributed by atoms with Crippen molar-refractivity contribution in [3.63, 3.8) is 0 Å². The van der Waals surface area contributed by atoms with E-state index in [1.807, 2.05) is 46.1 Å². The standard InChI is InChI=1S/C31H28FN2O3.BrH/c1-36-27-18-23-13-16-34(26-17-22-5-3-4-6-25(22)29(28(23)26)30(27)37-2)31(35)21-11-14-33(15-12-21)19-20-7-9-24(32)10-8-20;/h3-12,14-15,18,26H,13,16-17,19H2,1-2H3;1H/q+1;/p-1/t26-;/m1./s1. The molecule has 1 amide bonds. The number of benzene rings is 3. The summed E-state index contributed by atoms with van der Waals surface area (Å²) in [7, 11) is 3.34. The van der Waals surface area contributed by atoms with Gasteiger partial charge in [-0.3, -0.25) is 4.79 Å². The van der Waals surface area contributed by atoms with Crippen molar-refractivity contribution >= 4 is 5.91 Å². The highest BCUT2D eigenvalue weighted by Gasteiger charge is 2.39. The molecular weight excluding hydrogens is 547 g/mol. The topological polar surface area (TPSA) is 42.7 Å². The molecule has 1 atom stereocenters. The molecule has 194 valence electrons. The van der Waals surface area contributed by atoms with Crippen LogP contribution in [0.5, 0.6) is 11.5 Å². The molecule has 1 aromatic heterocycles. The quantitative estimate of drug-likeness (QED) is 0.343. The number of nitrogens with zero attached hydrogens (tertiary/aromatic N) is 2. The van der Waals surface area contributed by atoms with Gasteiger partial charge in [0.25, 0.3) is 5.91 Å². The Morgan fingerprint density at radius 3 is 2.45 bits per heavy atom. The van der Waals surface area contributed by atoms with Gasteiger partial charge in [0.15, 0.2) is 30.4 Å². The van der Waals surface area contributed by atoms with Gasteiger partial charge in [0.1, 0.15) is 5.82 Å². The summed E-state index contributed by atoms with van der Waals surface area (Å²) in [4.78, 5) is 15.8. The number of carbonyl (C=O) groups excluding carboxylic acids is 1. The van der Waals surface area contributed by atoms with Crippen molar-refractivity contribution in [2.75, 3.05) is 20.8 Å². The zero-order valence-corrected chi connectivity index (χ0v) is 22.9. The fourth-order valence-corrected chi connectivity index (χ4v) is 5.75. The highest BCUT2D eigenvalue weighted by Crippen LogP contribution is 2.52. The maximum absolute atomic E-state index is 13.8. The molecule has 0 N–H and O–H groups in total. The molecule has 0 saturated carbocycles. The number of halogens is 2. The molecule has 6 rings (SSSR count). The number of methoxy groups -OCH3 is 2. The summed E-state index contributed by atoms with van der Waals surface area (Å²) in [6, 6.07) is 20.5. The number of fused-ring (bicyclic) bond motifs is 2. The van der Waals surface area contributed by atoms with Gasteiger partial charge in [-0.25, -0.2) is 8.96 Å². The summed E-state index contributed by atoms with van der Waals surface area (Å²) in [5.74, 6) is 1.21. The van der Waals surface area contributed by atoms with E-state index in [1.54, 1.807) is 26.4 Å². The molecule has 0 unspecified atom stereocenters. The largest absolute Gasteiger partial charge is 1.00 e. The molecule has 2 aliphatic rings. The normalized spacial score (nSPS) is 15.1. The van der Waals surface area contributed by atoms with Gasteiger partial charge in [-0.2, -0.15) is 0 Å². The zero-order valence-electron chi connectivity index (χ0n) is 21.3. The molecule has 0 fully saturated rings. The number of carbonyl (C=O) groups is 1. The van der Waals surface area contributed by atoms with Gasteiger partial charge in [-0.1, -0.05) is 24.3 Å². The van der Waals surface area contributed by atoms with Gasteiger partial charge < -0.3 is 31.4 Å². The van der Waals surface area contributed by atoms with Crippen molar-refractivity contribution < 1.29 is 40.2 Å². The third-order valence-electron chi connectivity index (χ3n) is 7.50. The first kappa shape index (κ1) is 25.9. The number of pyridine rings is 1. The lowest BCUT2D eigenvalue weighted by molar-refractivity contribution is -0.688. The van der Waals surface area contributed by atoms with Gasteiger partial charge in [-0.15, -0.1) is 0 Å². The van der Waals surface area contributed by atoms with Crippen LogP contribution in [0.1, 0.15) is 38.7 Å². The van der Waals surface area contributed by atoms with Crippen LogP contribution in [-0.2, 0) is 19.4 Å². The van der Waals surface area contributed by atoms with Gasteiger partial charge in [0.05, 0.1) is 25.8 Å². The number of hydrogen-bond acceptors (Lipinski definition) is 3. The summed E-state index contributed by atoms with van der Waals surface area (Å²) in [6.45, 7) is 1.24. The number of rotatable bonds is 5. The molecule has 1 aliphatic carbocycles. The molecule has 0 saturated heterocycles. The first-order chi connectivity index (χ1) is 18.1. The van der Waals surface area contributed by atoms with Crippen LogP contribution in [0.25, 0.3) is 11.1 Å². The van der Waals surface area contributed by atoms with E-state index in [1.165, 1.54) is 28.8 Å². The predicted molar refractivity (Wildman–Crippen MR) is 138 cm³/mol. The lowest BCUT2D eigenvalue weighted by Gasteiger charge is -2.42. The fourth-order valence-electron chi connectivity index (χ4n) is 5.75. The smallest absolute Gasteiger partial charge is 0.254 e. The number of hydrogen-bond donors (Lipinski definition) is 0. The van der Waals surface area contributed by atoms with E-state index < -0.39 is 0 Å². The van der Waals surface area contributed by atoms with Crippen molar-refractivity contribution in [1.29, 1.82) is 0 Å². The molecule has 38 heavy (non-hydrogen) atoms. The summed E-state index contributed by atoms with van der Waals surface area (Å²) < 4.78 is 26.8. The van der Waals surface area contributed by atoms with E-state index in [-0.39, 0.29) is 34.7 Å². The molecule has 2 heterocycles. The first-order valence-electron chi connectivity index (χ1n) is 12.5. The van der Waals surface area contributed by atoms with Crippen LogP contribution < -0.4 is 31.0 Å². The minimum Gasteiger partial charge on any atom is -1.00 e. The Balaban J connectivity index is 0.00000294. The molecule has 5 nitrogen and oxygen atoms in total. The molecule has 3 aromatic carbocycles. The second kappa shape index (κ2) is 10.6. The van der Waals surface area contributed by atoms with Crippen LogP contribution in [0.3, 0.4) is 0 Å². The van der Waals surface area contributed by atoms with Crippen molar-refractivity contribution in [2.24, 2.45) is 0 Å². The number of aromatic nitrogens is 1. The third-order valence-corrected chi connectivity index (χ3v) is 7.50. The van der Waals surface area contributed by atoms with E-state index in [0.29, 0.717) is 24.4 Å². The molecule has 0 spiro atoms. The Morgan fingerprint density at radius 2 is 1.74 bits per heavy atom. The second-order valence-corrected chi connectivity index (χ2v) is 9.57. The Hall–Kier alpha value is -3.71. The summed E-state index contributed by atoms with van der Waals surface area (Å²) >= 11 is 0. The molecular formula is C31H28BrFN2O3. The SMILES string of the molecule is COc1cc2c3c(c1OC)-c1ccccc1C[C@H]3N(C(=O)c1cc[n+](Cc3ccc(F)cc3)cc1)CC2.[Br-]. The van der Waals surface area contributed by atoms with E-state index in [2.05, 4.69) is 18.2 Å². The maximum atomic E-state index is 13.8. The average molecular weight is 575 g/mol. The minimum absolute atomic E-state index is 0. The van der Waals surface area contributed by atoms with Gasteiger partial charge in [0, 0.05) is 29.8 Å². The lowest BCUT2D eigenvalue weighted by Crippen LogP contribution is -3.00. The van der Waals surface area contributed by atoms with Gasteiger partial charge >= 0.3 is 0 Å². The minimum atomic E-state index is -0.248. The Kier molecular flexibility index (Phi) is 7.21. The average Bonchev–Trinajstić information content (AvgIpc) is 2.94. The maximum Gasteiger partial charge on any atom is 0.254 e. The summed E-state index contributed by atoms with van der Waals surface area (Å²) in [5.41, 5.74) is 7.39.